The first-order valence-corrected chi connectivity index (χ1v) is 5.79. The Hall–Kier alpha value is -1.69. The second-order valence-corrected chi connectivity index (χ2v) is 4.64. The minimum Gasteiger partial charge on any atom is -0.398 e. The lowest BCUT2D eigenvalue weighted by atomic mass is 10.1. The zero-order valence-electron chi connectivity index (χ0n) is 10.0. The van der Waals surface area contributed by atoms with Crippen molar-refractivity contribution in [1.82, 2.24) is 9.78 Å². The van der Waals surface area contributed by atoms with Gasteiger partial charge in [0.1, 0.15) is 6.54 Å². The van der Waals surface area contributed by atoms with Crippen LogP contribution in [0.5, 0.6) is 0 Å². The molecule has 0 unspecified atom stereocenters. The molecule has 2 N–H and O–H groups in total. The summed E-state index contributed by atoms with van der Waals surface area (Å²) in [5.74, 6) is 0. The van der Waals surface area contributed by atoms with Gasteiger partial charge in [0.25, 0.3) is 0 Å². The summed E-state index contributed by atoms with van der Waals surface area (Å²) >= 11 is 6.04. The SMILES string of the molecule is Cc1cc(-c2cnn(CC(F)(F)F)c2)c(Cl)cc1N. The van der Waals surface area contributed by atoms with Gasteiger partial charge in [-0.05, 0) is 24.6 Å². The van der Waals surface area contributed by atoms with Gasteiger partial charge in [0.15, 0.2) is 0 Å². The Morgan fingerprint density at radius 3 is 2.68 bits per heavy atom. The Balaban J connectivity index is 2.36. The molecule has 0 amide bonds. The third-order valence-corrected chi connectivity index (χ3v) is 2.95. The topological polar surface area (TPSA) is 43.8 Å². The van der Waals surface area contributed by atoms with E-state index in [1.54, 1.807) is 19.1 Å². The molecule has 7 heteroatoms. The number of hydrogen-bond donors (Lipinski definition) is 1. The van der Waals surface area contributed by atoms with E-state index in [0.717, 1.165) is 10.2 Å². The summed E-state index contributed by atoms with van der Waals surface area (Å²) in [6, 6.07) is 3.31. The molecule has 19 heavy (non-hydrogen) atoms. The number of hydrogen-bond acceptors (Lipinski definition) is 2. The van der Waals surface area contributed by atoms with E-state index in [4.69, 9.17) is 17.3 Å². The van der Waals surface area contributed by atoms with Crippen LogP contribution in [0, 0.1) is 6.92 Å². The summed E-state index contributed by atoms with van der Waals surface area (Å²) in [6.45, 7) is 0.674. The molecular formula is C12H11ClF3N3. The first kappa shape index (κ1) is 13.7. The number of anilines is 1. The number of benzene rings is 1. The van der Waals surface area contributed by atoms with E-state index < -0.39 is 12.7 Å². The largest absolute Gasteiger partial charge is 0.408 e. The molecule has 1 aromatic heterocycles. The zero-order valence-corrected chi connectivity index (χ0v) is 10.8. The van der Waals surface area contributed by atoms with Gasteiger partial charge in [-0.1, -0.05) is 11.6 Å². The molecule has 0 atom stereocenters. The Kier molecular flexibility index (Phi) is 3.45. The van der Waals surface area contributed by atoms with Gasteiger partial charge in [-0.2, -0.15) is 18.3 Å². The number of nitrogens with zero attached hydrogens (tertiary/aromatic N) is 2. The van der Waals surface area contributed by atoms with Gasteiger partial charge in [-0.15, -0.1) is 0 Å². The van der Waals surface area contributed by atoms with Gasteiger partial charge >= 0.3 is 6.18 Å². The molecule has 0 aliphatic heterocycles. The number of rotatable bonds is 2. The van der Waals surface area contributed by atoms with Crippen LogP contribution >= 0.6 is 11.6 Å². The number of halogens is 4. The maximum absolute atomic E-state index is 12.2. The lowest BCUT2D eigenvalue weighted by Gasteiger charge is -2.07. The van der Waals surface area contributed by atoms with Crippen LogP contribution in [-0.4, -0.2) is 16.0 Å². The van der Waals surface area contributed by atoms with Crippen molar-refractivity contribution < 1.29 is 13.2 Å². The Morgan fingerprint density at radius 1 is 1.37 bits per heavy atom. The molecule has 0 bridgehead atoms. The second-order valence-electron chi connectivity index (χ2n) is 4.23. The Bertz CT molecular complexity index is 605. The Labute approximate surface area is 112 Å². The van der Waals surface area contributed by atoms with Crippen LogP contribution in [0.1, 0.15) is 5.56 Å². The summed E-state index contributed by atoms with van der Waals surface area (Å²) in [5.41, 5.74) is 8.19. The average Bonchev–Trinajstić information content (AvgIpc) is 2.69. The van der Waals surface area contributed by atoms with Crippen LogP contribution < -0.4 is 5.73 Å². The first-order valence-electron chi connectivity index (χ1n) is 5.41. The monoisotopic (exact) mass is 289 g/mol. The molecule has 2 aromatic rings. The summed E-state index contributed by atoms with van der Waals surface area (Å²) in [5, 5.41) is 4.06. The fourth-order valence-electron chi connectivity index (χ4n) is 1.69. The highest BCUT2D eigenvalue weighted by molar-refractivity contribution is 6.33. The highest BCUT2D eigenvalue weighted by Crippen LogP contribution is 2.31. The molecule has 3 nitrogen and oxygen atoms in total. The van der Waals surface area contributed by atoms with Crippen molar-refractivity contribution in [3.8, 4) is 11.1 Å². The predicted octanol–water partition coefficient (Wildman–Crippen LogP) is 3.66. The van der Waals surface area contributed by atoms with Crippen molar-refractivity contribution in [2.24, 2.45) is 0 Å². The van der Waals surface area contributed by atoms with Crippen LogP contribution in [0.4, 0.5) is 18.9 Å². The quantitative estimate of drug-likeness (QED) is 0.858. The summed E-state index contributed by atoms with van der Waals surface area (Å²) in [4.78, 5) is 0. The molecule has 2 rings (SSSR count). The van der Waals surface area contributed by atoms with Crippen LogP contribution in [0.3, 0.4) is 0 Å². The van der Waals surface area contributed by atoms with Gasteiger partial charge in [-0.25, -0.2) is 0 Å². The van der Waals surface area contributed by atoms with E-state index in [1.807, 2.05) is 0 Å². The van der Waals surface area contributed by atoms with E-state index in [1.165, 1.54) is 12.4 Å². The number of aromatic nitrogens is 2. The molecule has 0 aliphatic rings. The van der Waals surface area contributed by atoms with E-state index in [9.17, 15) is 13.2 Å². The van der Waals surface area contributed by atoms with E-state index in [2.05, 4.69) is 5.10 Å². The molecule has 1 heterocycles. The highest BCUT2D eigenvalue weighted by Gasteiger charge is 2.28. The lowest BCUT2D eigenvalue weighted by molar-refractivity contribution is -0.142. The Morgan fingerprint density at radius 2 is 2.05 bits per heavy atom. The predicted molar refractivity (Wildman–Crippen MR) is 67.9 cm³/mol. The lowest BCUT2D eigenvalue weighted by Crippen LogP contribution is -2.17. The van der Waals surface area contributed by atoms with Crippen molar-refractivity contribution in [3.05, 3.63) is 35.1 Å². The summed E-state index contributed by atoms with van der Waals surface area (Å²) < 4.78 is 37.6. The number of nitrogens with two attached hydrogens (primary N) is 1. The van der Waals surface area contributed by atoms with Crippen molar-refractivity contribution in [3.63, 3.8) is 0 Å². The van der Waals surface area contributed by atoms with Crippen LogP contribution in [0.25, 0.3) is 11.1 Å². The molecule has 102 valence electrons. The van der Waals surface area contributed by atoms with Gasteiger partial charge in [0.2, 0.25) is 0 Å². The smallest absolute Gasteiger partial charge is 0.398 e. The molecule has 0 saturated heterocycles. The van der Waals surface area contributed by atoms with E-state index >= 15 is 0 Å². The molecule has 0 fully saturated rings. The number of nitrogen functional groups attached to an aromatic ring is 1. The maximum atomic E-state index is 12.2. The van der Waals surface area contributed by atoms with Crippen molar-refractivity contribution in [2.75, 3.05) is 5.73 Å². The van der Waals surface area contributed by atoms with E-state index in [-0.39, 0.29) is 0 Å². The standard InChI is InChI=1S/C12H11ClF3N3/c1-7-2-9(10(13)3-11(7)17)8-4-18-19(5-8)6-12(14,15)16/h2-5H,6,17H2,1H3. The van der Waals surface area contributed by atoms with Crippen molar-refractivity contribution in [2.45, 2.75) is 19.6 Å². The molecule has 0 saturated carbocycles. The maximum Gasteiger partial charge on any atom is 0.408 e. The van der Waals surface area contributed by atoms with Gasteiger partial charge in [0.05, 0.1) is 11.2 Å². The van der Waals surface area contributed by atoms with Crippen LogP contribution in [0.2, 0.25) is 5.02 Å². The zero-order chi connectivity index (χ0) is 14.2. The van der Waals surface area contributed by atoms with E-state index in [0.29, 0.717) is 21.8 Å². The van der Waals surface area contributed by atoms with Crippen molar-refractivity contribution in [1.29, 1.82) is 0 Å². The fourth-order valence-corrected chi connectivity index (χ4v) is 1.97. The highest BCUT2D eigenvalue weighted by atomic mass is 35.5. The number of alkyl halides is 3. The third kappa shape index (κ3) is 3.20. The summed E-state index contributed by atoms with van der Waals surface area (Å²) in [6.07, 6.45) is -1.64. The van der Waals surface area contributed by atoms with Crippen LogP contribution in [-0.2, 0) is 6.54 Å². The average molecular weight is 290 g/mol. The summed E-state index contributed by atoms with van der Waals surface area (Å²) in [7, 11) is 0. The van der Waals surface area contributed by atoms with Gasteiger partial charge in [-0.3, -0.25) is 4.68 Å². The van der Waals surface area contributed by atoms with Gasteiger partial charge < -0.3 is 5.73 Å². The minimum atomic E-state index is -4.30. The first-order chi connectivity index (χ1) is 8.76. The van der Waals surface area contributed by atoms with Crippen LogP contribution in [0.15, 0.2) is 24.5 Å². The number of aryl methyl sites for hydroxylation is 1. The molecule has 0 radical (unpaired) electrons. The third-order valence-electron chi connectivity index (χ3n) is 2.64. The van der Waals surface area contributed by atoms with Crippen molar-refractivity contribution >= 4 is 17.3 Å². The molecule has 0 spiro atoms. The molecule has 1 aromatic carbocycles. The normalized spacial score (nSPS) is 11.8. The molecule has 0 aliphatic carbocycles. The minimum absolute atomic E-state index is 0.384. The molecular weight excluding hydrogens is 279 g/mol. The van der Waals surface area contributed by atoms with Gasteiger partial charge in [0, 0.05) is 23.0 Å². The fraction of sp³-hybridized carbons (Fsp3) is 0.250. The second kappa shape index (κ2) is 4.77.